The summed E-state index contributed by atoms with van der Waals surface area (Å²) in [7, 11) is 0. The van der Waals surface area contributed by atoms with E-state index in [1.807, 2.05) is 41.2 Å². The Morgan fingerprint density at radius 1 is 1.09 bits per heavy atom. The van der Waals surface area contributed by atoms with Gasteiger partial charge in [-0.25, -0.2) is 9.97 Å². The number of rotatable bonds is 5. The summed E-state index contributed by atoms with van der Waals surface area (Å²) in [5.74, 6) is 1.65. The lowest BCUT2D eigenvalue weighted by Gasteiger charge is -2.11. The highest BCUT2D eigenvalue weighted by Crippen LogP contribution is 2.41. The fourth-order valence-electron chi connectivity index (χ4n) is 4.35. The number of nitrogens with zero attached hydrogens (tertiary/aromatic N) is 8. The Morgan fingerprint density at radius 3 is 2.74 bits per heavy atom. The van der Waals surface area contributed by atoms with E-state index in [4.69, 9.17) is 0 Å². The highest BCUT2D eigenvalue weighted by atomic mass is 16.1. The van der Waals surface area contributed by atoms with Gasteiger partial charge in [0.05, 0.1) is 23.6 Å². The summed E-state index contributed by atoms with van der Waals surface area (Å²) in [5, 5.41) is 14.0. The first kappa shape index (κ1) is 20.5. The van der Waals surface area contributed by atoms with Crippen LogP contribution in [0, 0.1) is 6.92 Å². The van der Waals surface area contributed by atoms with Crippen LogP contribution in [0.4, 0.5) is 0 Å². The van der Waals surface area contributed by atoms with Gasteiger partial charge in [-0.3, -0.25) is 4.79 Å². The normalized spacial score (nSPS) is 13.8. The van der Waals surface area contributed by atoms with Crippen molar-refractivity contribution in [1.82, 2.24) is 39.1 Å². The maximum Gasteiger partial charge on any atom is 0.280 e. The maximum atomic E-state index is 13.5. The molecule has 9 heteroatoms. The van der Waals surface area contributed by atoms with Crippen molar-refractivity contribution in [3.8, 4) is 23.0 Å². The molecule has 9 nitrogen and oxygen atoms in total. The highest BCUT2D eigenvalue weighted by Gasteiger charge is 2.28. The van der Waals surface area contributed by atoms with Crippen molar-refractivity contribution in [2.45, 2.75) is 45.6 Å². The molecule has 0 N–H and O–H groups in total. The second-order valence-electron chi connectivity index (χ2n) is 9.03. The Hall–Kier alpha value is -4.14. The molecule has 0 amide bonds. The fourth-order valence-corrected chi connectivity index (χ4v) is 4.35. The van der Waals surface area contributed by atoms with Gasteiger partial charge in [-0.1, -0.05) is 12.1 Å². The van der Waals surface area contributed by atoms with Crippen LogP contribution in [-0.2, 0) is 0 Å². The second kappa shape index (κ2) is 7.72. The van der Waals surface area contributed by atoms with Crippen LogP contribution < -0.4 is 5.56 Å². The molecule has 1 aliphatic rings. The molecule has 1 fully saturated rings. The van der Waals surface area contributed by atoms with Gasteiger partial charge in [0.15, 0.2) is 11.6 Å². The van der Waals surface area contributed by atoms with Gasteiger partial charge in [-0.05, 0) is 57.9 Å². The first-order valence-electron chi connectivity index (χ1n) is 11.4. The molecule has 170 valence electrons. The van der Waals surface area contributed by atoms with Crippen LogP contribution in [0.1, 0.15) is 50.0 Å². The zero-order valence-corrected chi connectivity index (χ0v) is 19.3. The summed E-state index contributed by atoms with van der Waals surface area (Å²) >= 11 is 0. The van der Waals surface area contributed by atoms with Crippen molar-refractivity contribution in [2.75, 3.05) is 0 Å². The van der Waals surface area contributed by atoms with Gasteiger partial charge < -0.3 is 9.13 Å². The van der Waals surface area contributed by atoms with Crippen molar-refractivity contribution in [3.63, 3.8) is 0 Å². The van der Waals surface area contributed by atoms with E-state index < -0.39 is 0 Å². The summed E-state index contributed by atoms with van der Waals surface area (Å²) < 4.78 is 5.33. The Kier molecular flexibility index (Phi) is 4.65. The maximum absolute atomic E-state index is 13.5. The molecule has 0 aliphatic heterocycles. The Bertz CT molecular complexity index is 1590. The predicted octanol–water partition coefficient (Wildman–Crippen LogP) is 3.99. The van der Waals surface area contributed by atoms with E-state index in [9.17, 15) is 4.79 Å². The zero-order valence-electron chi connectivity index (χ0n) is 19.3. The average Bonchev–Trinajstić information content (AvgIpc) is 3.42. The molecule has 1 aliphatic carbocycles. The zero-order chi connectivity index (χ0) is 23.4. The summed E-state index contributed by atoms with van der Waals surface area (Å²) in [6.45, 7) is 6.19. The van der Waals surface area contributed by atoms with Crippen molar-refractivity contribution in [2.24, 2.45) is 0 Å². The van der Waals surface area contributed by atoms with Crippen molar-refractivity contribution < 1.29 is 0 Å². The number of imidazole rings is 1. The largest absolute Gasteiger partial charge is 0.310 e. The van der Waals surface area contributed by atoms with Gasteiger partial charge in [-0.15, -0.1) is 10.2 Å². The quantitative estimate of drug-likeness (QED) is 0.400. The lowest BCUT2D eigenvalue weighted by molar-refractivity contribution is 0.603. The third-order valence-corrected chi connectivity index (χ3v) is 6.37. The molecule has 0 bridgehead atoms. The SMILES string of the molecule is Cc1c(C2CC2)ncn1-c1ccc2cnn(-c3cccc(-c4nncn4C(C)C)n3)c(=O)c2c1. The van der Waals surface area contributed by atoms with Crippen LogP contribution in [0.3, 0.4) is 0 Å². The van der Waals surface area contributed by atoms with E-state index in [1.54, 1.807) is 18.6 Å². The number of benzene rings is 1. The number of hydrogen-bond acceptors (Lipinski definition) is 6. The van der Waals surface area contributed by atoms with Gasteiger partial charge in [-0.2, -0.15) is 9.78 Å². The van der Waals surface area contributed by atoms with Gasteiger partial charge in [0.25, 0.3) is 5.56 Å². The molecule has 0 radical (unpaired) electrons. The van der Waals surface area contributed by atoms with Crippen molar-refractivity contribution >= 4 is 10.8 Å². The Morgan fingerprint density at radius 2 is 1.94 bits per heavy atom. The summed E-state index contributed by atoms with van der Waals surface area (Å²) in [6, 6.07) is 11.5. The van der Waals surface area contributed by atoms with Crippen LogP contribution in [0.25, 0.3) is 33.8 Å². The molecule has 1 aromatic carbocycles. The molecule has 0 saturated heterocycles. The van der Waals surface area contributed by atoms with E-state index in [0.717, 1.165) is 22.5 Å². The molecular formula is C25H24N8O. The predicted molar refractivity (Wildman–Crippen MR) is 128 cm³/mol. The fraction of sp³-hybridized carbons (Fsp3) is 0.280. The smallest absolute Gasteiger partial charge is 0.280 e. The minimum atomic E-state index is -0.227. The number of aromatic nitrogens is 8. The standard InChI is InChI=1S/C25H24N8O/c1-15(2)31-14-27-30-24(31)21-5-4-6-22(29-21)33-25(34)20-11-19(10-9-18(20)12-28-33)32-13-26-23(16(32)3)17-7-8-17/h4-6,9-15,17H,7-8H2,1-3H3. The minimum Gasteiger partial charge on any atom is -0.310 e. The van der Waals surface area contributed by atoms with E-state index in [0.29, 0.717) is 28.6 Å². The molecule has 0 atom stereocenters. The topological polar surface area (TPSA) is 96.3 Å². The van der Waals surface area contributed by atoms with E-state index in [-0.39, 0.29) is 11.6 Å². The van der Waals surface area contributed by atoms with Crippen LogP contribution in [0.5, 0.6) is 0 Å². The third kappa shape index (κ3) is 3.32. The van der Waals surface area contributed by atoms with Crippen LogP contribution >= 0.6 is 0 Å². The monoisotopic (exact) mass is 452 g/mol. The molecular weight excluding hydrogens is 428 g/mol. The highest BCUT2D eigenvalue weighted by molar-refractivity contribution is 5.83. The van der Waals surface area contributed by atoms with Gasteiger partial charge in [0.2, 0.25) is 0 Å². The van der Waals surface area contributed by atoms with Gasteiger partial charge >= 0.3 is 0 Å². The van der Waals surface area contributed by atoms with Crippen LogP contribution in [-0.4, -0.2) is 39.1 Å². The summed E-state index contributed by atoms with van der Waals surface area (Å²) in [6.07, 6.45) is 7.63. The minimum absolute atomic E-state index is 0.183. The lowest BCUT2D eigenvalue weighted by Crippen LogP contribution is -2.22. The summed E-state index contributed by atoms with van der Waals surface area (Å²) in [5.41, 5.74) is 3.59. The molecule has 1 saturated carbocycles. The average molecular weight is 453 g/mol. The number of pyridine rings is 1. The molecule has 34 heavy (non-hydrogen) atoms. The molecule has 4 heterocycles. The van der Waals surface area contributed by atoms with Crippen LogP contribution in [0.15, 0.2) is 60.0 Å². The number of fused-ring (bicyclic) bond motifs is 1. The van der Waals surface area contributed by atoms with Crippen molar-refractivity contribution in [3.05, 3.63) is 77.0 Å². The third-order valence-electron chi connectivity index (χ3n) is 6.37. The Labute approximate surface area is 195 Å². The summed E-state index contributed by atoms with van der Waals surface area (Å²) in [4.78, 5) is 22.8. The lowest BCUT2D eigenvalue weighted by atomic mass is 10.1. The first-order chi connectivity index (χ1) is 16.5. The Balaban J connectivity index is 1.44. The first-order valence-corrected chi connectivity index (χ1v) is 11.4. The van der Waals surface area contributed by atoms with Crippen LogP contribution in [0.2, 0.25) is 0 Å². The molecule has 5 aromatic rings. The van der Waals surface area contributed by atoms with E-state index in [1.165, 1.54) is 17.5 Å². The molecule has 6 rings (SSSR count). The number of hydrogen-bond donors (Lipinski definition) is 0. The second-order valence-corrected chi connectivity index (χ2v) is 9.03. The van der Waals surface area contributed by atoms with Crippen molar-refractivity contribution in [1.29, 1.82) is 0 Å². The molecule has 4 aromatic heterocycles. The van der Waals surface area contributed by atoms with E-state index >= 15 is 0 Å². The molecule has 0 unspecified atom stereocenters. The van der Waals surface area contributed by atoms with E-state index in [2.05, 4.69) is 50.6 Å². The van der Waals surface area contributed by atoms with Gasteiger partial charge in [0, 0.05) is 28.7 Å². The molecule has 0 spiro atoms. The van der Waals surface area contributed by atoms with Gasteiger partial charge in [0.1, 0.15) is 12.0 Å².